The van der Waals surface area contributed by atoms with Crippen LogP contribution in [0.15, 0.2) is 22.7 Å². The van der Waals surface area contributed by atoms with Gasteiger partial charge in [0, 0.05) is 16.6 Å². The molecule has 0 aromatic heterocycles. The first-order valence-corrected chi connectivity index (χ1v) is 9.00. The van der Waals surface area contributed by atoms with Gasteiger partial charge in [-0.05, 0) is 78.3 Å². The van der Waals surface area contributed by atoms with Gasteiger partial charge in [0.05, 0.1) is 16.0 Å². The summed E-state index contributed by atoms with van der Waals surface area (Å²) in [5, 5.41) is 13.9. The number of non-ortho nitro benzene ring substituents is 1. The van der Waals surface area contributed by atoms with Crippen molar-refractivity contribution in [3.05, 3.63) is 32.8 Å². The highest BCUT2D eigenvalue weighted by atomic mass is 79.9. The Bertz CT molecular complexity index is 653. The molecule has 1 aromatic rings. The minimum Gasteiger partial charge on any atom is -0.324 e. The van der Waals surface area contributed by atoms with Crippen LogP contribution in [0.3, 0.4) is 0 Å². The third-order valence-corrected chi connectivity index (χ3v) is 6.62. The van der Waals surface area contributed by atoms with E-state index in [4.69, 9.17) is 0 Å². The smallest absolute Gasteiger partial charge is 0.271 e. The van der Waals surface area contributed by atoms with Gasteiger partial charge in [-0.3, -0.25) is 14.9 Å². The summed E-state index contributed by atoms with van der Waals surface area (Å²) in [6.07, 6.45) is 6.80. The Hall–Kier alpha value is -1.43. The van der Waals surface area contributed by atoms with Crippen molar-refractivity contribution in [1.29, 1.82) is 0 Å². The lowest BCUT2D eigenvalue weighted by molar-refractivity contribution is -0.384. The van der Waals surface area contributed by atoms with E-state index in [9.17, 15) is 14.9 Å². The van der Waals surface area contributed by atoms with E-state index < -0.39 is 4.92 Å². The van der Waals surface area contributed by atoms with Gasteiger partial charge in [-0.15, -0.1) is 0 Å². The average Bonchev–Trinajstić information content (AvgIpc) is 2.47. The Balaban J connectivity index is 1.59. The maximum Gasteiger partial charge on any atom is 0.271 e. The third-order valence-electron chi connectivity index (χ3n) is 5.93. The molecule has 0 radical (unpaired) electrons. The Morgan fingerprint density at radius 2 is 1.74 bits per heavy atom. The maximum absolute atomic E-state index is 13.0. The van der Waals surface area contributed by atoms with Crippen LogP contribution in [0, 0.1) is 33.3 Å². The van der Waals surface area contributed by atoms with Crippen LogP contribution in [0.2, 0.25) is 0 Å². The number of carbonyl (C=O) groups is 1. The molecular weight excluding hydrogens is 360 g/mol. The molecule has 4 saturated carbocycles. The zero-order valence-corrected chi connectivity index (χ0v) is 14.3. The number of nitrogens with one attached hydrogen (secondary N) is 1. The average molecular weight is 379 g/mol. The quantitative estimate of drug-likeness (QED) is 0.620. The second-order valence-electron chi connectivity index (χ2n) is 7.57. The van der Waals surface area contributed by atoms with Crippen molar-refractivity contribution in [3.8, 4) is 0 Å². The van der Waals surface area contributed by atoms with Crippen molar-refractivity contribution in [1.82, 2.24) is 0 Å². The van der Waals surface area contributed by atoms with Gasteiger partial charge in [-0.2, -0.15) is 0 Å². The lowest BCUT2D eigenvalue weighted by Gasteiger charge is -2.55. The van der Waals surface area contributed by atoms with Crippen LogP contribution >= 0.6 is 15.9 Å². The second kappa shape index (κ2) is 5.30. The molecule has 5 rings (SSSR count). The lowest BCUT2D eigenvalue weighted by atomic mass is 9.49. The first-order chi connectivity index (χ1) is 10.9. The van der Waals surface area contributed by atoms with Gasteiger partial charge in [0.2, 0.25) is 5.91 Å². The highest BCUT2D eigenvalue weighted by molar-refractivity contribution is 9.10. The van der Waals surface area contributed by atoms with Gasteiger partial charge in [0.1, 0.15) is 0 Å². The predicted octanol–water partition coefficient (Wildman–Crippen LogP) is 4.51. The van der Waals surface area contributed by atoms with E-state index in [2.05, 4.69) is 21.2 Å². The van der Waals surface area contributed by atoms with Gasteiger partial charge >= 0.3 is 0 Å². The van der Waals surface area contributed by atoms with E-state index >= 15 is 0 Å². The van der Waals surface area contributed by atoms with Crippen molar-refractivity contribution in [2.24, 2.45) is 23.2 Å². The summed E-state index contributed by atoms with van der Waals surface area (Å²) in [7, 11) is 0. The first kappa shape index (κ1) is 15.1. The summed E-state index contributed by atoms with van der Waals surface area (Å²) in [5.74, 6) is 2.14. The summed E-state index contributed by atoms with van der Waals surface area (Å²) in [6.45, 7) is 0. The van der Waals surface area contributed by atoms with Crippen LogP contribution in [0.5, 0.6) is 0 Å². The molecular formula is C17H19BrN2O3. The molecule has 5 nitrogen and oxygen atoms in total. The largest absolute Gasteiger partial charge is 0.324 e. The van der Waals surface area contributed by atoms with E-state index in [1.807, 2.05) is 0 Å². The third kappa shape index (κ3) is 2.57. The molecule has 6 heteroatoms. The monoisotopic (exact) mass is 378 g/mol. The van der Waals surface area contributed by atoms with Crippen molar-refractivity contribution in [2.45, 2.75) is 38.5 Å². The molecule has 0 heterocycles. The first-order valence-electron chi connectivity index (χ1n) is 8.20. The highest BCUT2D eigenvalue weighted by Crippen LogP contribution is 2.60. The van der Waals surface area contributed by atoms with Gasteiger partial charge in [0.15, 0.2) is 0 Å². The minimum atomic E-state index is -0.438. The summed E-state index contributed by atoms with van der Waals surface area (Å²) < 4.78 is 0.682. The van der Waals surface area contributed by atoms with Crippen molar-refractivity contribution in [3.63, 3.8) is 0 Å². The Morgan fingerprint density at radius 1 is 1.17 bits per heavy atom. The van der Waals surface area contributed by atoms with Crippen LogP contribution in [0.4, 0.5) is 11.4 Å². The fraction of sp³-hybridized carbons (Fsp3) is 0.588. The number of rotatable bonds is 3. The summed E-state index contributed by atoms with van der Waals surface area (Å²) in [4.78, 5) is 23.5. The number of hydrogen-bond acceptors (Lipinski definition) is 3. The van der Waals surface area contributed by atoms with Crippen LogP contribution in [0.25, 0.3) is 0 Å². The standard InChI is InChI=1S/C17H19BrN2O3/c18-14-2-1-13(20(22)23)6-15(14)19-16(21)17-7-10-3-11(8-17)5-12(4-10)9-17/h1-2,6,10-12H,3-5,7-9H2,(H,19,21). The Morgan fingerprint density at radius 3 is 2.26 bits per heavy atom. The number of nitrogens with zero attached hydrogens (tertiary/aromatic N) is 1. The number of hydrogen-bond donors (Lipinski definition) is 1. The zero-order chi connectivity index (χ0) is 16.2. The molecule has 1 amide bonds. The molecule has 0 unspecified atom stereocenters. The number of halogens is 1. The molecule has 0 spiro atoms. The molecule has 0 atom stereocenters. The van der Waals surface area contributed by atoms with Crippen LogP contribution in [-0.2, 0) is 4.79 Å². The fourth-order valence-corrected chi connectivity index (χ4v) is 5.71. The predicted molar refractivity (Wildman–Crippen MR) is 90.0 cm³/mol. The van der Waals surface area contributed by atoms with Gasteiger partial charge in [-0.25, -0.2) is 0 Å². The van der Waals surface area contributed by atoms with E-state index in [1.165, 1.54) is 31.4 Å². The van der Waals surface area contributed by atoms with Gasteiger partial charge in [-0.1, -0.05) is 0 Å². The molecule has 4 aliphatic rings. The topological polar surface area (TPSA) is 72.2 Å². The SMILES string of the molecule is O=C(Nc1cc([N+](=O)[O-])ccc1Br)C12CC3CC(CC(C3)C1)C2. The molecule has 1 N–H and O–H groups in total. The molecule has 0 aliphatic heterocycles. The number of benzene rings is 1. The number of amides is 1. The minimum absolute atomic E-state index is 0.00554. The van der Waals surface area contributed by atoms with E-state index in [-0.39, 0.29) is 17.0 Å². The van der Waals surface area contributed by atoms with Crippen molar-refractivity contribution in [2.75, 3.05) is 5.32 Å². The van der Waals surface area contributed by atoms with Crippen molar-refractivity contribution < 1.29 is 9.72 Å². The molecule has 4 bridgehead atoms. The molecule has 23 heavy (non-hydrogen) atoms. The molecule has 0 saturated heterocycles. The van der Waals surface area contributed by atoms with Gasteiger partial charge in [0.25, 0.3) is 5.69 Å². The second-order valence-corrected chi connectivity index (χ2v) is 8.43. The molecule has 4 aliphatic carbocycles. The summed E-state index contributed by atoms with van der Waals surface area (Å²) >= 11 is 3.38. The highest BCUT2D eigenvalue weighted by Gasteiger charge is 2.54. The van der Waals surface area contributed by atoms with E-state index in [0.717, 1.165) is 19.3 Å². The van der Waals surface area contributed by atoms with Crippen LogP contribution in [-0.4, -0.2) is 10.8 Å². The number of carbonyl (C=O) groups excluding carboxylic acids is 1. The van der Waals surface area contributed by atoms with Gasteiger partial charge < -0.3 is 5.32 Å². The zero-order valence-electron chi connectivity index (χ0n) is 12.8. The molecule has 1 aromatic carbocycles. The number of anilines is 1. The fourth-order valence-electron chi connectivity index (χ4n) is 5.37. The molecule has 122 valence electrons. The van der Waals surface area contributed by atoms with Crippen LogP contribution in [0.1, 0.15) is 38.5 Å². The Labute approximate surface area is 143 Å². The van der Waals surface area contributed by atoms with E-state index in [1.54, 1.807) is 6.07 Å². The number of nitro benzene ring substituents is 1. The normalized spacial score (nSPS) is 34.4. The van der Waals surface area contributed by atoms with E-state index in [0.29, 0.717) is 27.9 Å². The summed E-state index contributed by atoms with van der Waals surface area (Å²) in [5.41, 5.74) is 0.243. The maximum atomic E-state index is 13.0. The molecule has 4 fully saturated rings. The van der Waals surface area contributed by atoms with Crippen molar-refractivity contribution >= 4 is 33.2 Å². The summed E-state index contributed by atoms with van der Waals surface area (Å²) in [6, 6.07) is 4.49. The lowest BCUT2D eigenvalue weighted by Crippen LogP contribution is -2.51. The number of nitro groups is 1. The Kier molecular flexibility index (Phi) is 3.48. The van der Waals surface area contributed by atoms with Crippen LogP contribution < -0.4 is 5.32 Å².